The molecule has 5 nitrogen and oxygen atoms in total. The van der Waals surface area contributed by atoms with Crippen LogP contribution in [0.5, 0.6) is 0 Å². The minimum atomic E-state index is -1.40. The van der Waals surface area contributed by atoms with Crippen molar-refractivity contribution in [2.75, 3.05) is 0 Å². The summed E-state index contributed by atoms with van der Waals surface area (Å²) in [4.78, 5) is 10.7. The van der Waals surface area contributed by atoms with Crippen LogP contribution in [-0.4, -0.2) is 25.8 Å². The molecule has 1 aromatic carbocycles. The second-order valence-corrected chi connectivity index (χ2v) is 3.37. The molecular formula is C9H5ClFN3O2. The average Bonchev–Trinajstić information content (AvgIpc) is 2.67. The first-order valence-electron chi connectivity index (χ1n) is 4.17. The third kappa shape index (κ3) is 1.74. The van der Waals surface area contributed by atoms with E-state index in [1.807, 2.05) is 0 Å². The lowest BCUT2D eigenvalue weighted by atomic mass is 10.2. The minimum absolute atomic E-state index is 0.170. The van der Waals surface area contributed by atoms with E-state index in [1.165, 1.54) is 23.3 Å². The van der Waals surface area contributed by atoms with Gasteiger partial charge in [0.1, 0.15) is 24.0 Å². The van der Waals surface area contributed by atoms with Crippen molar-refractivity contribution in [3.8, 4) is 5.69 Å². The average molecular weight is 242 g/mol. The van der Waals surface area contributed by atoms with Crippen LogP contribution >= 0.6 is 11.6 Å². The molecule has 0 amide bonds. The molecule has 2 aromatic rings. The van der Waals surface area contributed by atoms with Gasteiger partial charge in [-0.15, -0.1) is 10.2 Å². The fourth-order valence-corrected chi connectivity index (χ4v) is 1.53. The summed E-state index contributed by atoms with van der Waals surface area (Å²) < 4.78 is 14.9. The van der Waals surface area contributed by atoms with Gasteiger partial charge in [0, 0.05) is 0 Å². The molecule has 1 N–H and O–H groups in total. The van der Waals surface area contributed by atoms with Gasteiger partial charge in [0.25, 0.3) is 0 Å². The minimum Gasteiger partial charge on any atom is -0.478 e. The highest BCUT2D eigenvalue weighted by Crippen LogP contribution is 2.23. The Balaban J connectivity index is 2.58. The molecule has 0 aliphatic heterocycles. The second-order valence-electron chi connectivity index (χ2n) is 2.96. The van der Waals surface area contributed by atoms with Crippen LogP contribution in [-0.2, 0) is 0 Å². The number of hydrogen-bond acceptors (Lipinski definition) is 3. The number of rotatable bonds is 2. The van der Waals surface area contributed by atoms with Gasteiger partial charge in [0.2, 0.25) is 0 Å². The number of benzene rings is 1. The molecule has 0 saturated heterocycles. The van der Waals surface area contributed by atoms with E-state index >= 15 is 0 Å². The summed E-state index contributed by atoms with van der Waals surface area (Å²) in [6, 6.07) is 2.39. The molecule has 0 radical (unpaired) electrons. The molecule has 0 bridgehead atoms. The monoisotopic (exact) mass is 241 g/mol. The summed E-state index contributed by atoms with van der Waals surface area (Å²) in [7, 11) is 0. The van der Waals surface area contributed by atoms with Crippen LogP contribution in [0.4, 0.5) is 4.39 Å². The van der Waals surface area contributed by atoms with E-state index in [0.717, 1.165) is 6.07 Å². The number of halogens is 2. The molecule has 7 heteroatoms. The predicted molar refractivity (Wildman–Crippen MR) is 53.3 cm³/mol. The summed E-state index contributed by atoms with van der Waals surface area (Å²) in [6.07, 6.45) is 2.71. The van der Waals surface area contributed by atoms with Gasteiger partial charge in [-0.2, -0.15) is 0 Å². The summed E-state index contributed by atoms with van der Waals surface area (Å²) >= 11 is 5.67. The van der Waals surface area contributed by atoms with E-state index < -0.39 is 17.3 Å². The van der Waals surface area contributed by atoms with Gasteiger partial charge in [-0.1, -0.05) is 11.6 Å². The highest BCUT2D eigenvalue weighted by Gasteiger charge is 2.16. The van der Waals surface area contributed by atoms with E-state index in [4.69, 9.17) is 16.7 Å². The van der Waals surface area contributed by atoms with Crippen molar-refractivity contribution in [3.05, 3.63) is 41.2 Å². The van der Waals surface area contributed by atoms with E-state index in [0.29, 0.717) is 5.69 Å². The third-order valence-electron chi connectivity index (χ3n) is 1.96. The van der Waals surface area contributed by atoms with Gasteiger partial charge < -0.3 is 5.11 Å². The van der Waals surface area contributed by atoms with Crippen LogP contribution in [0.1, 0.15) is 10.4 Å². The summed E-state index contributed by atoms with van der Waals surface area (Å²) in [6.45, 7) is 0. The molecule has 16 heavy (non-hydrogen) atoms. The van der Waals surface area contributed by atoms with Gasteiger partial charge in [-0.05, 0) is 12.1 Å². The fourth-order valence-electron chi connectivity index (χ4n) is 1.25. The number of aromatic nitrogens is 3. The first-order valence-corrected chi connectivity index (χ1v) is 4.54. The second kappa shape index (κ2) is 3.90. The fraction of sp³-hybridized carbons (Fsp3) is 0. The van der Waals surface area contributed by atoms with E-state index in [-0.39, 0.29) is 5.02 Å². The first-order chi connectivity index (χ1) is 7.59. The SMILES string of the molecule is O=C(O)c1c(F)cc(-n2cnnc2)cc1Cl. The quantitative estimate of drug-likeness (QED) is 0.870. The Kier molecular flexibility index (Phi) is 2.57. The Morgan fingerprint density at radius 3 is 2.50 bits per heavy atom. The molecule has 1 heterocycles. The molecule has 82 valence electrons. The van der Waals surface area contributed by atoms with Crippen LogP contribution in [0.2, 0.25) is 5.02 Å². The number of carbonyl (C=O) groups is 1. The molecular weight excluding hydrogens is 237 g/mol. The number of carboxylic acids is 1. The molecule has 0 unspecified atom stereocenters. The van der Waals surface area contributed by atoms with Crippen LogP contribution in [0.3, 0.4) is 0 Å². The maximum Gasteiger partial charge on any atom is 0.340 e. The number of nitrogens with zero attached hydrogens (tertiary/aromatic N) is 3. The lowest BCUT2D eigenvalue weighted by Gasteiger charge is -2.05. The van der Waals surface area contributed by atoms with Gasteiger partial charge in [-0.25, -0.2) is 9.18 Å². The van der Waals surface area contributed by atoms with Gasteiger partial charge in [0.15, 0.2) is 0 Å². The van der Waals surface area contributed by atoms with E-state index in [2.05, 4.69) is 10.2 Å². The zero-order chi connectivity index (χ0) is 11.7. The maximum atomic E-state index is 13.4. The topological polar surface area (TPSA) is 68.0 Å². The van der Waals surface area contributed by atoms with Crippen molar-refractivity contribution in [2.24, 2.45) is 0 Å². The predicted octanol–water partition coefficient (Wildman–Crippen LogP) is 1.76. The third-order valence-corrected chi connectivity index (χ3v) is 2.26. The van der Waals surface area contributed by atoms with Gasteiger partial charge in [-0.3, -0.25) is 4.57 Å². The molecule has 0 spiro atoms. The molecule has 0 saturated carbocycles. The van der Waals surface area contributed by atoms with Crippen molar-refractivity contribution in [1.82, 2.24) is 14.8 Å². The summed E-state index contributed by atoms with van der Waals surface area (Å²) in [5, 5.41) is 15.6. The summed E-state index contributed by atoms with van der Waals surface area (Å²) in [5.41, 5.74) is -0.184. The zero-order valence-corrected chi connectivity index (χ0v) is 8.52. The van der Waals surface area contributed by atoms with Gasteiger partial charge in [0.05, 0.1) is 10.7 Å². The molecule has 0 atom stereocenters. The molecule has 0 aliphatic carbocycles. The Morgan fingerprint density at radius 1 is 1.38 bits per heavy atom. The van der Waals surface area contributed by atoms with Crippen LogP contribution in [0.25, 0.3) is 5.69 Å². The number of hydrogen-bond donors (Lipinski definition) is 1. The maximum absolute atomic E-state index is 13.4. The Hall–Kier alpha value is -1.95. The standard InChI is InChI=1S/C9H5ClFN3O2/c10-6-1-5(14-3-12-13-4-14)2-7(11)8(6)9(15)16/h1-4H,(H,15,16). The van der Waals surface area contributed by atoms with E-state index in [9.17, 15) is 9.18 Å². The highest BCUT2D eigenvalue weighted by atomic mass is 35.5. The van der Waals surface area contributed by atoms with Crippen LogP contribution < -0.4 is 0 Å². The van der Waals surface area contributed by atoms with Crippen molar-refractivity contribution in [1.29, 1.82) is 0 Å². The highest BCUT2D eigenvalue weighted by molar-refractivity contribution is 6.33. The Labute approximate surface area is 94.1 Å². The van der Waals surface area contributed by atoms with Crippen molar-refractivity contribution in [2.45, 2.75) is 0 Å². The van der Waals surface area contributed by atoms with Crippen molar-refractivity contribution in [3.63, 3.8) is 0 Å². The van der Waals surface area contributed by atoms with Gasteiger partial charge >= 0.3 is 5.97 Å². The zero-order valence-electron chi connectivity index (χ0n) is 7.76. The van der Waals surface area contributed by atoms with Crippen LogP contribution in [0.15, 0.2) is 24.8 Å². The van der Waals surface area contributed by atoms with Crippen molar-refractivity contribution < 1.29 is 14.3 Å². The summed E-state index contributed by atoms with van der Waals surface area (Å²) in [5.74, 6) is -2.30. The molecule has 1 aromatic heterocycles. The lowest BCUT2D eigenvalue weighted by molar-refractivity contribution is 0.0692. The number of aromatic carboxylic acids is 1. The first kappa shape index (κ1) is 10.6. The Morgan fingerprint density at radius 2 is 2.00 bits per heavy atom. The molecule has 0 fully saturated rings. The smallest absolute Gasteiger partial charge is 0.340 e. The molecule has 0 aliphatic rings. The van der Waals surface area contributed by atoms with E-state index in [1.54, 1.807) is 0 Å². The normalized spacial score (nSPS) is 10.4. The lowest BCUT2D eigenvalue weighted by Crippen LogP contribution is -2.03. The Bertz CT molecular complexity index is 519. The van der Waals surface area contributed by atoms with Crippen molar-refractivity contribution >= 4 is 17.6 Å². The number of carboxylic acid groups (broad SMARTS) is 1. The van der Waals surface area contributed by atoms with Crippen LogP contribution in [0, 0.1) is 5.82 Å². The largest absolute Gasteiger partial charge is 0.478 e. The molecule has 2 rings (SSSR count).